The molecular weight excluding hydrogens is 323 g/mol. The molecule has 0 spiro atoms. The number of nitrogens with one attached hydrogen (secondary N) is 1. The summed E-state index contributed by atoms with van der Waals surface area (Å²) in [5, 5.41) is 8.76. The predicted octanol–water partition coefficient (Wildman–Crippen LogP) is 2.46. The zero-order valence-electron chi connectivity index (χ0n) is 9.71. The number of benzene rings is 1. The van der Waals surface area contributed by atoms with Gasteiger partial charge in [-0.1, -0.05) is 23.2 Å². The monoisotopic (exact) mass is 328 g/mol. The number of hydrogen-bond acceptors (Lipinski definition) is 5. The summed E-state index contributed by atoms with van der Waals surface area (Å²) >= 11 is 11.5. The normalized spacial score (nSPS) is 10.8. The van der Waals surface area contributed by atoms with Crippen LogP contribution in [0, 0.1) is 11.3 Å². The molecule has 0 saturated heterocycles. The minimum Gasteiger partial charge on any atom is -0.263 e. The van der Waals surface area contributed by atoms with E-state index >= 15 is 0 Å². The van der Waals surface area contributed by atoms with Crippen molar-refractivity contribution in [3.05, 3.63) is 46.3 Å². The van der Waals surface area contributed by atoms with Gasteiger partial charge in [0, 0.05) is 6.07 Å². The van der Waals surface area contributed by atoms with Crippen molar-refractivity contribution in [1.82, 2.24) is 9.97 Å². The predicted molar refractivity (Wildman–Crippen MR) is 74.0 cm³/mol. The van der Waals surface area contributed by atoms with Gasteiger partial charge in [-0.15, -0.1) is 0 Å². The van der Waals surface area contributed by atoms with Gasteiger partial charge in [-0.25, -0.2) is 18.4 Å². The number of halogens is 2. The molecule has 6 nitrogen and oxygen atoms in total. The van der Waals surface area contributed by atoms with Crippen LogP contribution in [0.3, 0.4) is 0 Å². The Kier molecular flexibility index (Phi) is 4.09. The Labute approximate surface area is 125 Å². The molecule has 1 N–H and O–H groups in total. The first kappa shape index (κ1) is 14.5. The number of nitriles is 1. The summed E-state index contributed by atoms with van der Waals surface area (Å²) in [6, 6.07) is 6.99. The summed E-state index contributed by atoms with van der Waals surface area (Å²) < 4.78 is 26.5. The van der Waals surface area contributed by atoms with Crippen molar-refractivity contribution in [2.24, 2.45) is 0 Å². The van der Waals surface area contributed by atoms with E-state index in [2.05, 4.69) is 14.7 Å². The van der Waals surface area contributed by atoms with Crippen molar-refractivity contribution in [2.75, 3.05) is 4.72 Å². The van der Waals surface area contributed by atoms with Crippen molar-refractivity contribution in [2.45, 2.75) is 4.90 Å². The van der Waals surface area contributed by atoms with Crippen molar-refractivity contribution in [3.8, 4) is 6.07 Å². The Morgan fingerprint density at radius 3 is 2.55 bits per heavy atom. The Hall–Kier alpha value is -1.88. The van der Waals surface area contributed by atoms with Gasteiger partial charge in [-0.05, 0) is 18.2 Å². The molecule has 2 aromatic rings. The summed E-state index contributed by atoms with van der Waals surface area (Å²) in [6.07, 6.45) is 1.13. The molecule has 9 heteroatoms. The number of hydrogen-bond donors (Lipinski definition) is 1. The van der Waals surface area contributed by atoms with Crippen LogP contribution in [-0.2, 0) is 10.0 Å². The first-order valence-electron chi connectivity index (χ1n) is 5.12. The maximum atomic E-state index is 12.2. The van der Waals surface area contributed by atoms with Crippen LogP contribution in [0.1, 0.15) is 5.56 Å². The fourth-order valence-corrected chi connectivity index (χ4v) is 3.06. The lowest BCUT2D eigenvalue weighted by atomic mass is 10.2. The third-order valence-electron chi connectivity index (χ3n) is 2.22. The second-order valence-electron chi connectivity index (χ2n) is 3.59. The summed E-state index contributed by atoms with van der Waals surface area (Å²) in [4.78, 5) is 7.21. The van der Waals surface area contributed by atoms with Crippen LogP contribution in [0.15, 0.2) is 35.5 Å². The molecule has 20 heavy (non-hydrogen) atoms. The largest absolute Gasteiger partial charge is 0.264 e. The van der Waals surface area contributed by atoms with E-state index in [1.54, 1.807) is 0 Å². The van der Waals surface area contributed by atoms with E-state index in [-0.39, 0.29) is 26.5 Å². The molecule has 0 aliphatic rings. The molecule has 0 amide bonds. The van der Waals surface area contributed by atoms with Crippen LogP contribution in [-0.4, -0.2) is 18.4 Å². The number of aromatic nitrogens is 2. The quantitative estimate of drug-likeness (QED) is 0.873. The maximum Gasteiger partial charge on any atom is 0.264 e. The van der Waals surface area contributed by atoms with E-state index in [1.165, 1.54) is 24.3 Å². The van der Waals surface area contributed by atoms with E-state index in [0.717, 1.165) is 6.33 Å². The molecule has 0 fully saturated rings. The summed E-state index contributed by atoms with van der Waals surface area (Å²) in [5.74, 6) is 0.0189. The van der Waals surface area contributed by atoms with Gasteiger partial charge in [-0.2, -0.15) is 5.26 Å². The second-order valence-corrected chi connectivity index (χ2v) is 6.03. The first-order chi connectivity index (χ1) is 9.42. The molecular formula is C11H6Cl2N4O2S. The summed E-state index contributed by atoms with van der Waals surface area (Å²) in [6.45, 7) is 0. The minimum atomic E-state index is -3.93. The molecule has 0 radical (unpaired) electrons. The average molecular weight is 329 g/mol. The second kappa shape index (κ2) is 5.63. The van der Waals surface area contributed by atoms with Crippen LogP contribution in [0.5, 0.6) is 0 Å². The highest BCUT2D eigenvalue weighted by atomic mass is 35.5. The van der Waals surface area contributed by atoms with Crippen molar-refractivity contribution >= 4 is 39.0 Å². The molecule has 0 aliphatic carbocycles. The number of nitrogens with zero attached hydrogens (tertiary/aromatic N) is 3. The van der Waals surface area contributed by atoms with E-state index < -0.39 is 10.0 Å². The van der Waals surface area contributed by atoms with Crippen molar-refractivity contribution in [3.63, 3.8) is 0 Å². The van der Waals surface area contributed by atoms with Gasteiger partial charge < -0.3 is 0 Å². The smallest absolute Gasteiger partial charge is 0.263 e. The lowest BCUT2D eigenvalue weighted by Gasteiger charge is -2.08. The molecule has 1 heterocycles. The zero-order valence-corrected chi connectivity index (χ0v) is 12.0. The minimum absolute atomic E-state index is 0.0189. The summed E-state index contributed by atoms with van der Waals surface area (Å²) in [7, 11) is -3.93. The molecule has 0 aliphatic heterocycles. The number of rotatable bonds is 3. The Balaban J connectivity index is 2.39. The fraction of sp³-hybridized carbons (Fsp3) is 0. The zero-order chi connectivity index (χ0) is 14.8. The Morgan fingerprint density at radius 1 is 1.20 bits per heavy atom. The lowest BCUT2D eigenvalue weighted by molar-refractivity contribution is 0.601. The highest BCUT2D eigenvalue weighted by Gasteiger charge is 2.19. The molecule has 2 rings (SSSR count). The maximum absolute atomic E-state index is 12.2. The molecule has 1 aromatic carbocycles. The fourth-order valence-electron chi connectivity index (χ4n) is 1.37. The van der Waals surface area contributed by atoms with Gasteiger partial charge in [0.05, 0.1) is 16.7 Å². The van der Waals surface area contributed by atoms with Gasteiger partial charge in [0.1, 0.15) is 22.2 Å². The highest BCUT2D eigenvalue weighted by Crippen LogP contribution is 2.24. The van der Waals surface area contributed by atoms with Gasteiger partial charge >= 0.3 is 0 Å². The van der Waals surface area contributed by atoms with E-state index in [1.807, 2.05) is 6.07 Å². The number of sulfonamides is 1. The third-order valence-corrected chi connectivity index (χ3v) is 4.27. The van der Waals surface area contributed by atoms with Gasteiger partial charge in [-0.3, -0.25) is 4.72 Å². The van der Waals surface area contributed by atoms with E-state index in [9.17, 15) is 8.42 Å². The molecule has 0 atom stereocenters. The number of anilines is 1. The molecule has 1 aromatic heterocycles. The lowest BCUT2D eigenvalue weighted by Crippen LogP contribution is -2.14. The topological polar surface area (TPSA) is 95.7 Å². The molecule has 0 bridgehead atoms. The van der Waals surface area contributed by atoms with Crippen molar-refractivity contribution < 1.29 is 8.42 Å². The van der Waals surface area contributed by atoms with E-state index in [0.29, 0.717) is 0 Å². The van der Waals surface area contributed by atoms with Crippen molar-refractivity contribution in [1.29, 1.82) is 5.26 Å². The molecule has 0 saturated carbocycles. The first-order valence-corrected chi connectivity index (χ1v) is 7.36. The Bertz CT molecular complexity index is 802. The third kappa shape index (κ3) is 3.17. The average Bonchev–Trinajstić information content (AvgIpc) is 2.37. The van der Waals surface area contributed by atoms with E-state index in [4.69, 9.17) is 28.5 Å². The van der Waals surface area contributed by atoms with Crippen LogP contribution < -0.4 is 4.72 Å². The van der Waals surface area contributed by atoms with Crippen LogP contribution in [0.25, 0.3) is 0 Å². The van der Waals surface area contributed by atoms with Gasteiger partial charge in [0.2, 0.25) is 0 Å². The highest BCUT2D eigenvalue weighted by molar-refractivity contribution is 7.92. The van der Waals surface area contributed by atoms with Gasteiger partial charge in [0.25, 0.3) is 10.0 Å². The SMILES string of the molecule is N#Cc1ccc(S(=O)(=O)Nc2cc(Cl)ncn2)c(Cl)c1. The Morgan fingerprint density at radius 2 is 1.95 bits per heavy atom. The van der Waals surface area contributed by atoms with Gasteiger partial charge in [0.15, 0.2) is 0 Å². The standard InChI is InChI=1S/C11H6Cl2N4O2S/c12-8-3-7(5-14)1-2-9(8)20(18,19)17-11-4-10(13)15-6-16-11/h1-4,6H,(H,15,16,17). The van der Waals surface area contributed by atoms with Crippen LogP contribution in [0.4, 0.5) is 5.82 Å². The molecule has 0 unspecified atom stereocenters. The van der Waals surface area contributed by atoms with Crippen LogP contribution in [0.2, 0.25) is 10.2 Å². The summed E-state index contributed by atoms with van der Waals surface area (Å²) in [5.41, 5.74) is 0.263. The molecule has 102 valence electrons. The van der Waals surface area contributed by atoms with Crippen LogP contribution >= 0.6 is 23.2 Å².